The second-order valence-corrected chi connectivity index (χ2v) is 19.7. The van der Waals surface area contributed by atoms with Crippen LogP contribution in [0.3, 0.4) is 0 Å². The van der Waals surface area contributed by atoms with E-state index in [1.807, 2.05) is 48.7 Å². The normalized spacial score (nSPS) is 12.6. The van der Waals surface area contributed by atoms with Gasteiger partial charge in [0.2, 0.25) is 0 Å². The number of imidazole rings is 1. The molecule has 11 aromatic rings. The number of anilines is 1. The van der Waals surface area contributed by atoms with Gasteiger partial charge in [0.05, 0.1) is 28.1 Å². The smallest absolute Gasteiger partial charge is 0.121 e. The Morgan fingerprint density at radius 1 is 0.696 bits per heavy atom. The summed E-state index contributed by atoms with van der Waals surface area (Å²) in [5.41, 5.74) is 14.0. The molecule has 0 amide bonds. The number of aryl methyl sites for hydroxylation is 1. The molecule has 0 spiro atoms. The molecule has 6 heteroatoms. The van der Waals surface area contributed by atoms with E-state index in [-0.39, 0.29) is 42.9 Å². The van der Waals surface area contributed by atoms with Crippen LogP contribution < -0.4 is 4.90 Å². The van der Waals surface area contributed by atoms with Crippen molar-refractivity contribution in [1.82, 2.24) is 14.5 Å². The molecule has 0 aliphatic rings. The quantitative estimate of drug-likeness (QED) is 0.118. The minimum Gasteiger partial charge on any atom is -0.501 e. The summed E-state index contributed by atoms with van der Waals surface area (Å²) >= 11 is 0. The summed E-state index contributed by atoms with van der Waals surface area (Å²) in [6.45, 7) is 13.2. The Labute approximate surface area is 424 Å². The van der Waals surface area contributed by atoms with Gasteiger partial charge in [-0.15, -0.1) is 53.6 Å². The Kier molecular flexibility index (Phi) is 11.9. The van der Waals surface area contributed by atoms with Gasteiger partial charge in [0, 0.05) is 55.6 Å². The molecule has 1 radical (unpaired) electrons. The number of hydrogen-bond donors (Lipinski definition) is 0. The van der Waals surface area contributed by atoms with E-state index in [4.69, 9.17) is 13.5 Å². The van der Waals surface area contributed by atoms with Gasteiger partial charge in [-0.1, -0.05) is 145 Å². The third-order valence-corrected chi connectivity index (χ3v) is 13.1. The summed E-state index contributed by atoms with van der Waals surface area (Å²) < 4.78 is 35.1. The minimum absolute atomic E-state index is 0. The molecule has 5 nitrogen and oxygen atoms in total. The molecule has 0 saturated heterocycles. The fraction of sp³-hybridized carbons (Fsp3) is 0.206. The zero-order valence-electron chi connectivity index (χ0n) is 43.7. The average Bonchev–Trinajstić information content (AvgIpc) is 3.94. The van der Waals surface area contributed by atoms with Crippen LogP contribution in [0.5, 0.6) is 0 Å². The van der Waals surface area contributed by atoms with Crippen LogP contribution in [-0.4, -0.2) is 28.6 Å². The number of pyridine rings is 1. The first-order valence-corrected chi connectivity index (χ1v) is 23.6. The Balaban J connectivity index is 0.000000321. The summed E-state index contributed by atoms with van der Waals surface area (Å²) in [7, 11) is 4.11. The number of benzene rings is 8. The van der Waals surface area contributed by atoms with Crippen molar-refractivity contribution < 1.29 is 28.6 Å². The maximum Gasteiger partial charge on any atom is 0.121 e. The van der Waals surface area contributed by atoms with Crippen LogP contribution in [-0.2, 0) is 25.5 Å². The number of aromatic nitrogens is 3. The third kappa shape index (κ3) is 8.77. The van der Waals surface area contributed by atoms with E-state index in [1.165, 1.54) is 27.8 Å². The number of furan rings is 1. The van der Waals surface area contributed by atoms with E-state index in [1.54, 1.807) is 6.07 Å². The Bertz CT molecular complexity index is 3740. The van der Waals surface area contributed by atoms with Crippen LogP contribution in [0.4, 0.5) is 5.69 Å². The summed E-state index contributed by atoms with van der Waals surface area (Å²) in [6, 6.07) is 58.5. The molecule has 0 aliphatic heterocycles. The molecule has 8 aromatic carbocycles. The maximum atomic E-state index is 8.64. The molecule has 3 heterocycles. The first-order chi connectivity index (χ1) is 34.0. The van der Waals surface area contributed by atoms with Crippen LogP contribution >= 0.6 is 0 Å². The van der Waals surface area contributed by atoms with Crippen molar-refractivity contribution in [3.8, 4) is 39.5 Å². The van der Waals surface area contributed by atoms with Crippen molar-refractivity contribution in [1.29, 1.82) is 0 Å². The van der Waals surface area contributed by atoms with E-state index in [0.29, 0.717) is 27.9 Å². The second kappa shape index (κ2) is 18.9. The molecule has 0 fully saturated rings. The molecule has 11 rings (SSSR count). The molecule has 69 heavy (non-hydrogen) atoms. The van der Waals surface area contributed by atoms with Gasteiger partial charge in [-0.05, 0) is 115 Å². The predicted molar refractivity (Wildman–Crippen MR) is 288 cm³/mol. The molecule has 0 aliphatic carbocycles. The summed E-state index contributed by atoms with van der Waals surface area (Å²) in [6.07, 6.45) is 1.87. The van der Waals surface area contributed by atoms with Crippen molar-refractivity contribution in [3.05, 3.63) is 192 Å². The first-order valence-electron chi connectivity index (χ1n) is 25.1. The molecular formula is C63H58IrN4O-2. The zero-order valence-corrected chi connectivity index (χ0v) is 43.1. The first kappa shape index (κ1) is 43.4. The number of nitrogens with zero attached hydrogens (tertiary/aromatic N) is 4. The van der Waals surface area contributed by atoms with Crippen LogP contribution in [0.1, 0.15) is 86.7 Å². The van der Waals surface area contributed by atoms with Gasteiger partial charge < -0.3 is 18.9 Å². The largest absolute Gasteiger partial charge is 0.501 e. The molecular weight excluding hydrogens is 1020 g/mol. The fourth-order valence-corrected chi connectivity index (χ4v) is 9.56. The van der Waals surface area contributed by atoms with Gasteiger partial charge >= 0.3 is 0 Å². The Hall–Kier alpha value is -6.85. The molecule has 0 unspecified atom stereocenters. The van der Waals surface area contributed by atoms with E-state index in [9.17, 15) is 0 Å². The second-order valence-electron chi connectivity index (χ2n) is 19.7. The number of rotatable bonds is 7. The Morgan fingerprint density at radius 2 is 1.42 bits per heavy atom. The van der Waals surface area contributed by atoms with Crippen LogP contribution in [0.2, 0.25) is 0 Å². The summed E-state index contributed by atoms with van der Waals surface area (Å²) in [5.74, 6) is 0.989. The van der Waals surface area contributed by atoms with Crippen LogP contribution in [0.25, 0.3) is 94.0 Å². The van der Waals surface area contributed by atoms with Gasteiger partial charge in [-0.3, -0.25) is 4.98 Å². The van der Waals surface area contributed by atoms with Crippen molar-refractivity contribution in [2.75, 3.05) is 19.0 Å². The number of fused-ring (bicyclic) bond motifs is 7. The van der Waals surface area contributed by atoms with E-state index in [0.717, 1.165) is 60.6 Å². The van der Waals surface area contributed by atoms with Crippen molar-refractivity contribution in [2.24, 2.45) is 0 Å². The zero-order chi connectivity index (χ0) is 49.9. The Morgan fingerprint density at radius 3 is 2.12 bits per heavy atom. The monoisotopic (exact) mass is 1080 g/mol. The average molecular weight is 1080 g/mol. The van der Waals surface area contributed by atoms with Gasteiger partial charge in [-0.2, -0.15) is 0 Å². The van der Waals surface area contributed by atoms with Gasteiger partial charge in [-0.25, -0.2) is 0 Å². The molecule has 0 N–H and O–H groups in total. The topological polar surface area (TPSA) is 47.1 Å². The molecule has 0 bridgehead atoms. The van der Waals surface area contributed by atoms with E-state index < -0.39 is 6.85 Å². The van der Waals surface area contributed by atoms with Gasteiger partial charge in [0.1, 0.15) is 5.58 Å². The molecule has 3 aromatic heterocycles. The van der Waals surface area contributed by atoms with Crippen molar-refractivity contribution >= 4 is 60.2 Å². The minimum atomic E-state index is -2.40. The van der Waals surface area contributed by atoms with Gasteiger partial charge in [0.15, 0.2) is 0 Å². The van der Waals surface area contributed by atoms with Gasteiger partial charge in [0.25, 0.3) is 0 Å². The molecule has 0 saturated carbocycles. The third-order valence-electron chi connectivity index (χ3n) is 13.1. The summed E-state index contributed by atoms with van der Waals surface area (Å²) in [4.78, 5) is 11.9. The number of para-hydroxylation sites is 1. The van der Waals surface area contributed by atoms with Crippen LogP contribution in [0, 0.1) is 19.0 Å². The number of hydrogen-bond acceptors (Lipinski definition) is 4. The standard InChI is InChI=1S/C48H42N3O.C15H16N.Ir/c1-28(2)37-25-34(31-14-9-8-10-15-31)26-38(29(3)4)45(37)51-46-41(18-13-19-42(46)50(6)7)49-48(51)36-23-20-30(5)44-40-24-33-22-21-32-16-11-12-17-35(32)39(33)27-43(40)52-47(36)44;1-15(2,3)13-9-10-16-14(11-13)12-7-5-4-6-8-12;/h8-22,24-29H,1-7H3;4-7,9-11H,1-3H3;/q2*-1;/i5D3;;. The van der Waals surface area contributed by atoms with Crippen LogP contribution in [0.15, 0.2) is 162 Å². The molecule has 0 atom stereocenters. The van der Waals surface area contributed by atoms with E-state index in [2.05, 4.69) is 192 Å². The maximum absolute atomic E-state index is 8.64. The molecule has 347 valence electrons. The summed E-state index contributed by atoms with van der Waals surface area (Å²) in [5, 5.41) is 5.64. The van der Waals surface area contributed by atoms with Crippen molar-refractivity contribution in [3.63, 3.8) is 0 Å². The SMILES string of the molecule is CC(C)(C)c1ccnc(-c2[c-]cccc2)c1.[2H]C([2H])([2H])c1c[c-]c(-c2nc3cccc(N(C)C)c3n2-c2c(C(C)C)cc(-c3ccccc3)cc2C(C)C)c2oc3cc4c(ccc5ccccc54)cc3c12.[Ir]. The predicted octanol–water partition coefficient (Wildman–Crippen LogP) is 16.8. The van der Waals surface area contributed by atoms with E-state index >= 15 is 0 Å². The fourth-order valence-electron chi connectivity index (χ4n) is 9.56. The van der Waals surface area contributed by atoms with Crippen molar-refractivity contribution in [2.45, 2.75) is 72.6 Å².